The van der Waals surface area contributed by atoms with Gasteiger partial charge in [-0.3, -0.25) is 4.79 Å². The van der Waals surface area contributed by atoms with Crippen LogP contribution in [0.1, 0.15) is 25.0 Å². The number of alkyl carbamates (subject to hydrolysis) is 1. The maximum Gasteiger partial charge on any atom is 0.456 e. The largest absolute Gasteiger partial charge is 0.456 e. The number of carbonyl (C=O) groups excluding carboxylic acids is 2. The van der Waals surface area contributed by atoms with Gasteiger partial charge in [0.05, 0.1) is 0 Å². The van der Waals surface area contributed by atoms with E-state index in [1.165, 1.54) is 0 Å². The van der Waals surface area contributed by atoms with Gasteiger partial charge in [0.25, 0.3) is 0 Å². The molecule has 0 spiro atoms. The van der Waals surface area contributed by atoms with Crippen LogP contribution in [-0.2, 0) is 27.4 Å². The summed E-state index contributed by atoms with van der Waals surface area (Å²) in [5.74, 6) is -9.84. The van der Waals surface area contributed by atoms with Gasteiger partial charge in [0.15, 0.2) is 6.61 Å². The van der Waals surface area contributed by atoms with Crippen molar-refractivity contribution < 1.29 is 63.0 Å². The molecule has 0 radical (unpaired) electrons. The second-order valence-corrected chi connectivity index (χ2v) is 6.09. The van der Waals surface area contributed by atoms with Gasteiger partial charge < -0.3 is 20.1 Å². The zero-order valence-corrected chi connectivity index (χ0v) is 18.6. The molecule has 0 bridgehead atoms. The molecule has 2 N–H and O–H groups in total. The summed E-state index contributed by atoms with van der Waals surface area (Å²) in [6.45, 7) is 0.396. The Morgan fingerprint density at radius 2 is 1.31 bits per heavy atom. The number of amides is 2. The lowest BCUT2D eigenvalue weighted by Gasteiger charge is -2.19. The third kappa shape index (κ3) is 13.6. The fraction of sp³-hybridized carbons (Fsp3) is 0.579. The Bertz CT molecular complexity index is 756. The Balaban J connectivity index is 0. The van der Waals surface area contributed by atoms with Crippen molar-refractivity contribution in [3.8, 4) is 0 Å². The van der Waals surface area contributed by atoms with E-state index in [1.54, 1.807) is 24.3 Å². The molecular weight excluding hydrogens is 510 g/mol. The average Bonchev–Trinajstić information content (AvgIpc) is 2.75. The molecule has 6 nitrogen and oxygen atoms in total. The molecule has 1 aromatic rings. The van der Waals surface area contributed by atoms with Crippen molar-refractivity contribution in [3.63, 3.8) is 0 Å². The number of alkyl halides is 10. The molecule has 1 rings (SSSR count). The van der Waals surface area contributed by atoms with Crippen LogP contribution >= 0.6 is 0 Å². The molecular formula is C19H24F10N2O4. The van der Waals surface area contributed by atoms with E-state index in [2.05, 4.69) is 20.1 Å². The van der Waals surface area contributed by atoms with Crippen molar-refractivity contribution in [1.82, 2.24) is 10.6 Å². The number of carbonyl (C=O) groups is 2. The fourth-order valence-corrected chi connectivity index (χ4v) is 1.74. The summed E-state index contributed by atoms with van der Waals surface area (Å²) in [6, 6.07) is 6.53. The summed E-state index contributed by atoms with van der Waals surface area (Å²) in [6.07, 6.45) is -12.2. The maximum atomic E-state index is 12.6. The lowest BCUT2D eigenvalue weighted by atomic mass is 10.1. The molecule has 204 valence electrons. The van der Waals surface area contributed by atoms with Gasteiger partial charge in [0.2, 0.25) is 6.41 Å². The van der Waals surface area contributed by atoms with Crippen LogP contribution in [0.25, 0.3) is 0 Å². The summed E-state index contributed by atoms with van der Waals surface area (Å²) >= 11 is 0. The van der Waals surface area contributed by atoms with Gasteiger partial charge in [0.1, 0.15) is 6.61 Å². The van der Waals surface area contributed by atoms with Gasteiger partial charge in [0, 0.05) is 20.2 Å². The van der Waals surface area contributed by atoms with Crippen LogP contribution in [0.5, 0.6) is 0 Å². The number of halogens is 10. The van der Waals surface area contributed by atoms with Gasteiger partial charge in [-0.2, -0.15) is 43.9 Å². The summed E-state index contributed by atoms with van der Waals surface area (Å²) < 4.78 is 125. The van der Waals surface area contributed by atoms with Gasteiger partial charge in [-0.05, 0) is 11.1 Å². The molecule has 35 heavy (non-hydrogen) atoms. The number of hydrogen-bond acceptors (Lipinski definition) is 4. The fourth-order valence-electron chi connectivity index (χ4n) is 1.74. The van der Waals surface area contributed by atoms with Crippen molar-refractivity contribution in [2.75, 3.05) is 20.3 Å². The second kappa shape index (κ2) is 15.3. The Labute approximate surface area is 193 Å². The van der Waals surface area contributed by atoms with Gasteiger partial charge >= 0.3 is 30.3 Å². The lowest BCUT2D eigenvalue weighted by molar-refractivity contribution is -0.294. The van der Waals surface area contributed by atoms with Crippen molar-refractivity contribution in [2.24, 2.45) is 0 Å². The van der Waals surface area contributed by atoms with Gasteiger partial charge in [-0.1, -0.05) is 38.1 Å². The van der Waals surface area contributed by atoms with E-state index in [-0.39, 0.29) is 13.1 Å². The normalized spacial score (nSPS) is 11.8. The third-order valence-corrected chi connectivity index (χ3v) is 3.36. The van der Waals surface area contributed by atoms with E-state index in [9.17, 15) is 53.5 Å². The van der Waals surface area contributed by atoms with E-state index in [0.717, 1.165) is 7.11 Å². The van der Waals surface area contributed by atoms with Crippen LogP contribution in [0.3, 0.4) is 0 Å². The minimum atomic E-state index is -5.78. The molecule has 0 heterocycles. The molecule has 0 aromatic heterocycles. The standard InChI is InChI=1S/C13H13F5N2O3.C4H5F5O.C2H6/c14-12(15,13(16,17)18)7-23-11(22)20-6-10-3-1-2-9(4-10)5-19-8-21;1-10-2-3(5,6)4(7,8)9;1-2/h1-4,8H,5-7H2,(H,19,21)(H,20,22);2H2,1H3;1-2H3. The number of hydrogen-bond donors (Lipinski definition) is 2. The molecule has 0 fully saturated rings. The summed E-state index contributed by atoms with van der Waals surface area (Å²) in [5.41, 5.74) is 1.27. The van der Waals surface area contributed by atoms with Crippen LogP contribution in [0.4, 0.5) is 48.7 Å². The minimum Gasteiger partial charge on any atom is -0.443 e. The predicted molar refractivity (Wildman–Crippen MR) is 103 cm³/mol. The summed E-state index contributed by atoms with van der Waals surface area (Å²) in [7, 11) is 0.777. The first kappa shape index (κ1) is 34.4. The molecule has 0 unspecified atom stereocenters. The highest BCUT2D eigenvalue weighted by Crippen LogP contribution is 2.36. The topological polar surface area (TPSA) is 76.7 Å². The van der Waals surface area contributed by atoms with Crippen molar-refractivity contribution >= 4 is 12.5 Å². The highest BCUT2D eigenvalue weighted by Gasteiger charge is 2.58. The van der Waals surface area contributed by atoms with E-state index in [0.29, 0.717) is 17.5 Å². The molecule has 0 aliphatic heterocycles. The molecule has 0 saturated heterocycles. The van der Waals surface area contributed by atoms with Crippen molar-refractivity contribution in [3.05, 3.63) is 35.4 Å². The number of benzene rings is 1. The number of nitrogens with one attached hydrogen (secondary N) is 2. The van der Waals surface area contributed by atoms with Crippen LogP contribution in [-0.4, -0.2) is 57.0 Å². The molecule has 0 aliphatic rings. The number of rotatable bonds is 9. The molecule has 0 saturated carbocycles. The van der Waals surface area contributed by atoms with E-state index in [1.807, 2.05) is 13.8 Å². The van der Waals surface area contributed by atoms with Gasteiger partial charge in [-0.25, -0.2) is 4.79 Å². The zero-order valence-electron chi connectivity index (χ0n) is 18.6. The van der Waals surface area contributed by atoms with Crippen LogP contribution < -0.4 is 10.6 Å². The predicted octanol–water partition coefficient (Wildman–Crippen LogP) is 5.21. The number of ether oxygens (including phenoxy) is 2. The highest BCUT2D eigenvalue weighted by molar-refractivity contribution is 5.67. The van der Waals surface area contributed by atoms with Crippen LogP contribution in [0.2, 0.25) is 0 Å². The number of methoxy groups -OCH3 is 1. The Morgan fingerprint density at radius 3 is 1.71 bits per heavy atom. The highest BCUT2D eigenvalue weighted by atomic mass is 19.4. The average molecular weight is 534 g/mol. The first-order chi connectivity index (χ1) is 16.0. The molecule has 2 amide bonds. The Hall–Kier alpha value is -2.78. The van der Waals surface area contributed by atoms with Gasteiger partial charge in [-0.15, -0.1) is 0 Å². The van der Waals surface area contributed by atoms with Crippen LogP contribution in [0, 0.1) is 0 Å². The van der Waals surface area contributed by atoms with E-state index < -0.39 is 43.5 Å². The van der Waals surface area contributed by atoms with E-state index in [4.69, 9.17) is 0 Å². The quantitative estimate of drug-likeness (QED) is 0.337. The zero-order chi connectivity index (χ0) is 27.9. The molecule has 0 atom stereocenters. The van der Waals surface area contributed by atoms with E-state index >= 15 is 0 Å². The summed E-state index contributed by atoms with van der Waals surface area (Å²) in [4.78, 5) is 21.3. The first-order valence-electron chi connectivity index (χ1n) is 9.50. The first-order valence-corrected chi connectivity index (χ1v) is 9.50. The maximum absolute atomic E-state index is 12.6. The van der Waals surface area contributed by atoms with Crippen LogP contribution in [0.15, 0.2) is 24.3 Å². The SMILES string of the molecule is CC.COCC(F)(F)C(F)(F)F.O=CNCc1cccc(CNC(=O)OCC(F)(F)C(F)(F)F)c1. The third-order valence-electron chi connectivity index (χ3n) is 3.36. The summed E-state index contributed by atoms with van der Waals surface area (Å²) in [5, 5.41) is 4.48. The Morgan fingerprint density at radius 1 is 0.857 bits per heavy atom. The molecule has 1 aromatic carbocycles. The van der Waals surface area contributed by atoms with Crippen molar-refractivity contribution in [2.45, 2.75) is 51.1 Å². The monoisotopic (exact) mass is 534 g/mol. The minimum absolute atomic E-state index is 0.134. The second-order valence-electron chi connectivity index (χ2n) is 6.09. The smallest absolute Gasteiger partial charge is 0.443 e. The molecule has 0 aliphatic carbocycles. The lowest BCUT2D eigenvalue weighted by Crippen LogP contribution is -2.42. The molecule has 16 heteroatoms. The Kier molecular flexibility index (Phi) is 15.0. The van der Waals surface area contributed by atoms with Crippen molar-refractivity contribution in [1.29, 1.82) is 0 Å².